The third-order valence-electron chi connectivity index (χ3n) is 4.54. The first-order chi connectivity index (χ1) is 14.5. The van der Waals surface area contributed by atoms with Gasteiger partial charge in [-0.05, 0) is 48.0 Å². The maximum Gasteiger partial charge on any atom is 0.335 e. The maximum absolute atomic E-state index is 12.5. The number of ether oxygens (including phenoxy) is 1. The number of hydrogen-bond donors (Lipinski definition) is 1. The van der Waals surface area contributed by atoms with Crippen molar-refractivity contribution < 1.29 is 14.6 Å². The average Bonchev–Trinajstić information content (AvgIpc) is 2.76. The van der Waals surface area contributed by atoms with E-state index in [2.05, 4.69) is 9.97 Å². The molecule has 0 atom stereocenters. The van der Waals surface area contributed by atoms with Crippen LogP contribution < -0.4 is 10.3 Å². The molecule has 0 spiro atoms. The lowest BCUT2D eigenvalue weighted by Gasteiger charge is -2.13. The lowest BCUT2D eigenvalue weighted by molar-refractivity contribution is 0.0697. The molecule has 150 valence electrons. The molecule has 0 fully saturated rings. The lowest BCUT2D eigenvalue weighted by Crippen LogP contribution is -2.24. The number of nitrogens with zero attached hydrogens (tertiary/aromatic N) is 3. The number of fused-ring (bicyclic) bond motifs is 1. The predicted octanol–water partition coefficient (Wildman–Crippen LogP) is 3.89. The zero-order chi connectivity index (χ0) is 21.1. The molecule has 30 heavy (non-hydrogen) atoms. The highest BCUT2D eigenvalue weighted by atomic mass is 35.5. The number of halogens is 1. The van der Waals surface area contributed by atoms with Gasteiger partial charge in [0, 0.05) is 16.8 Å². The van der Waals surface area contributed by atoms with Crippen molar-refractivity contribution in [2.75, 3.05) is 6.61 Å². The predicted molar refractivity (Wildman–Crippen MR) is 113 cm³/mol. The Kier molecular flexibility index (Phi) is 5.45. The first kappa shape index (κ1) is 19.6. The van der Waals surface area contributed by atoms with Gasteiger partial charge in [0.1, 0.15) is 12.4 Å². The van der Waals surface area contributed by atoms with Crippen LogP contribution >= 0.6 is 11.6 Å². The van der Waals surface area contributed by atoms with Gasteiger partial charge in [0.05, 0.1) is 24.0 Å². The minimum absolute atomic E-state index is 0.166. The Balaban J connectivity index is 1.58. The first-order valence-corrected chi connectivity index (χ1v) is 9.47. The van der Waals surface area contributed by atoms with E-state index in [4.69, 9.17) is 16.3 Å². The van der Waals surface area contributed by atoms with Gasteiger partial charge in [-0.15, -0.1) is 0 Å². The van der Waals surface area contributed by atoms with E-state index in [-0.39, 0.29) is 24.3 Å². The largest absolute Gasteiger partial charge is 0.491 e. The molecule has 0 saturated carbocycles. The van der Waals surface area contributed by atoms with E-state index >= 15 is 0 Å². The summed E-state index contributed by atoms with van der Waals surface area (Å²) in [6, 6.07) is 15.1. The summed E-state index contributed by atoms with van der Waals surface area (Å²) >= 11 is 6.14. The Morgan fingerprint density at radius 3 is 2.80 bits per heavy atom. The fraction of sp³-hybridized carbons (Fsp3) is 0.0909. The quantitative estimate of drug-likeness (QED) is 0.507. The van der Waals surface area contributed by atoms with E-state index in [0.717, 1.165) is 0 Å². The van der Waals surface area contributed by atoms with Crippen molar-refractivity contribution in [1.82, 2.24) is 14.5 Å². The Bertz CT molecular complexity index is 1300. The number of carboxylic acids is 1. The molecule has 4 rings (SSSR count). The molecule has 2 aromatic heterocycles. The molecule has 1 N–H and O–H groups in total. The molecule has 8 heteroatoms. The van der Waals surface area contributed by atoms with Crippen molar-refractivity contribution in [1.29, 1.82) is 0 Å². The summed E-state index contributed by atoms with van der Waals surface area (Å²) in [6.07, 6.45) is 3.02. The molecule has 4 aromatic rings. The van der Waals surface area contributed by atoms with Crippen LogP contribution in [-0.4, -0.2) is 32.2 Å². The minimum Gasteiger partial charge on any atom is -0.491 e. The van der Waals surface area contributed by atoms with Gasteiger partial charge in [-0.1, -0.05) is 23.7 Å². The van der Waals surface area contributed by atoms with Gasteiger partial charge in [-0.2, -0.15) is 0 Å². The first-order valence-electron chi connectivity index (χ1n) is 9.09. The summed E-state index contributed by atoms with van der Waals surface area (Å²) in [5.74, 6) is -0.486. The smallest absolute Gasteiger partial charge is 0.335 e. The number of aromatic carboxylic acids is 1. The van der Waals surface area contributed by atoms with Crippen LogP contribution in [0.15, 0.2) is 71.9 Å². The van der Waals surface area contributed by atoms with Crippen molar-refractivity contribution >= 4 is 28.6 Å². The number of aromatic nitrogens is 3. The lowest BCUT2D eigenvalue weighted by atomic mass is 10.0. The number of benzene rings is 2. The highest BCUT2D eigenvalue weighted by Crippen LogP contribution is 2.33. The van der Waals surface area contributed by atoms with Crippen LogP contribution in [-0.2, 0) is 6.54 Å². The fourth-order valence-electron chi connectivity index (χ4n) is 3.07. The second-order valence-corrected chi connectivity index (χ2v) is 6.93. The van der Waals surface area contributed by atoms with Crippen molar-refractivity contribution in [3.05, 3.63) is 88.1 Å². The van der Waals surface area contributed by atoms with Gasteiger partial charge in [0.25, 0.3) is 5.56 Å². The number of rotatable bonds is 6. The monoisotopic (exact) mass is 421 g/mol. The fourth-order valence-corrected chi connectivity index (χ4v) is 3.24. The molecule has 0 aliphatic rings. The molecule has 7 nitrogen and oxygen atoms in total. The SMILES string of the molecule is O=C(O)c1cccc(-c2cc(Cl)ccc2OCCn2cnc3cccnc3c2=O)c1. The molecule has 0 aliphatic carbocycles. The van der Waals surface area contributed by atoms with Gasteiger partial charge in [0.2, 0.25) is 0 Å². The third kappa shape index (κ3) is 4.01. The minimum atomic E-state index is -1.02. The van der Waals surface area contributed by atoms with Crippen molar-refractivity contribution in [3.63, 3.8) is 0 Å². The Morgan fingerprint density at radius 1 is 1.10 bits per heavy atom. The number of pyridine rings is 1. The van der Waals surface area contributed by atoms with Crippen LogP contribution in [0.25, 0.3) is 22.2 Å². The van der Waals surface area contributed by atoms with E-state index < -0.39 is 5.97 Å². The summed E-state index contributed by atoms with van der Waals surface area (Å²) in [4.78, 5) is 32.2. The van der Waals surface area contributed by atoms with Crippen molar-refractivity contribution in [2.24, 2.45) is 0 Å². The van der Waals surface area contributed by atoms with Crippen LogP contribution in [0.3, 0.4) is 0 Å². The molecule has 2 aromatic carbocycles. The second kappa shape index (κ2) is 8.34. The van der Waals surface area contributed by atoms with E-state index in [1.807, 2.05) is 0 Å². The van der Waals surface area contributed by atoms with Crippen LogP contribution in [0.2, 0.25) is 5.02 Å². The molecule has 0 aliphatic heterocycles. The van der Waals surface area contributed by atoms with E-state index in [1.165, 1.54) is 17.0 Å². The third-order valence-corrected chi connectivity index (χ3v) is 4.77. The van der Waals surface area contributed by atoms with Gasteiger partial charge in [-0.3, -0.25) is 9.36 Å². The zero-order valence-electron chi connectivity index (χ0n) is 15.7. The maximum atomic E-state index is 12.5. The van der Waals surface area contributed by atoms with Gasteiger partial charge in [0.15, 0.2) is 5.52 Å². The Labute approximate surface area is 176 Å². The van der Waals surface area contributed by atoms with Crippen molar-refractivity contribution in [2.45, 2.75) is 6.54 Å². The second-order valence-electron chi connectivity index (χ2n) is 6.49. The van der Waals surface area contributed by atoms with Gasteiger partial charge < -0.3 is 9.84 Å². The van der Waals surface area contributed by atoms with Crippen LogP contribution in [0.4, 0.5) is 0 Å². The van der Waals surface area contributed by atoms with Crippen LogP contribution in [0.1, 0.15) is 10.4 Å². The molecule has 0 unspecified atom stereocenters. The number of carboxylic acid groups (broad SMARTS) is 1. The summed E-state index contributed by atoms with van der Waals surface area (Å²) < 4.78 is 7.34. The molecular weight excluding hydrogens is 406 g/mol. The molecule has 0 saturated heterocycles. The molecule has 0 bridgehead atoms. The molecule has 0 radical (unpaired) electrons. The topological polar surface area (TPSA) is 94.3 Å². The summed E-state index contributed by atoms with van der Waals surface area (Å²) in [6.45, 7) is 0.475. The Hall–Kier alpha value is -3.71. The molecular formula is C22H16ClN3O4. The van der Waals surface area contributed by atoms with E-state index in [9.17, 15) is 14.7 Å². The van der Waals surface area contributed by atoms with E-state index in [1.54, 1.807) is 54.7 Å². The standard InChI is InChI=1S/C22H16ClN3O4/c23-16-6-7-19(17(12-16)14-3-1-4-15(11-14)22(28)29)30-10-9-26-13-25-18-5-2-8-24-20(18)21(26)27/h1-8,11-13H,9-10H2,(H,28,29). The van der Waals surface area contributed by atoms with Gasteiger partial charge >= 0.3 is 5.97 Å². The summed E-state index contributed by atoms with van der Waals surface area (Å²) in [5.41, 5.74) is 2.10. The average molecular weight is 422 g/mol. The zero-order valence-corrected chi connectivity index (χ0v) is 16.4. The number of carbonyl (C=O) groups is 1. The highest BCUT2D eigenvalue weighted by molar-refractivity contribution is 6.31. The summed E-state index contributed by atoms with van der Waals surface area (Å²) in [5, 5.41) is 9.75. The number of hydrogen-bond acceptors (Lipinski definition) is 5. The summed E-state index contributed by atoms with van der Waals surface area (Å²) in [7, 11) is 0. The molecule has 2 heterocycles. The highest BCUT2D eigenvalue weighted by Gasteiger charge is 2.11. The normalized spacial score (nSPS) is 10.8. The Morgan fingerprint density at radius 2 is 1.97 bits per heavy atom. The van der Waals surface area contributed by atoms with E-state index in [0.29, 0.717) is 32.9 Å². The van der Waals surface area contributed by atoms with Crippen molar-refractivity contribution in [3.8, 4) is 16.9 Å². The van der Waals surface area contributed by atoms with Crippen LogP contribution in [0.5, 0.6) is 5.75 Å². The van der Waals surface area contributed by atoms with Gasteiger partial charge in [-0.25, -0.2) is 14.8 Å². The molecule has 0 amide bonds. The van der Waals surface area contributed by atoms with Crippen LogP contribution in [0, 0.1) is 0 Å².